The monoisotopic (exact) mass is 324 g/mol. The molecule has 0 saturated carbocycles. The van der Waals surface area contributed by atoms with Crippen LogP contribution in [-0.4, -0.2) is 11.1 Å². The highest BCUT2D eigenvalue weighted by molar-refractivity contribution is 9.10. The van der Waals surface area contributed by atoms with Gasteiger partial charge in [0.1, 0.15) is 0 Å². The third kappa shape index (κ3) is 3.43. The SMILES string of the molecule is O=C(O)C(Cc1ccccc1)Cc1sccc1Br. The van der Waals surface area contributed by atoms with Crippen molar-refractivity contribution in [3.05, 3.63) is 56.7 Å². The summed E-state index contributed by atoms with van der Waals surface area (Å²) in [6.07, 6.45) is 1.14. The second kappa shape index (κ2) is 6.16. The third-order valence-corrected chi connectivity index (χ3v) is 4.75. The normalized spacial score (nSPS) is 12.3. The number of rotatable bonds is 5. The van der Waals surface area contributed by atoms with E-state index in [0.29, 0.717) is 12.8 Å². The molecule has 2 rings (SSSR count). The molecule has 0 fully saturated rings. The molecule has 2 nitrogen and oxygen atoms in total. The molecule has 0 aliphatic rings. The molecule has 0 saturated heterocycles. The topological polar surface area (TPSA) is 37.3 Å². The van der Waals surface area contributed by atoms with Crippen molar-refractivity contribution >= 4 is 33.2 Å². The Morgan fingerprint density at radius 3 is 2.50 bits per heavy atom. The van der Waals surface area contributed by atoms with Crippen LogP contribution in [-0.2, 0) is 17.6 Å². The quantitative estimate of drug-likeness (QED) is 0.902. The second-order valence-corrected chi connectivity index (χ2v) is 5.98. The largest absolute Gasteiger partial charge is 0.481 e. The van der Waals surface area contributed by atoms with Crippen LogP contribution in [0.5, 0.6) is 0 Å². The van der Waals surface area contributed by atoms with Crippen LogP contribution in [0.2, 0.25) is 0 Å². The zero-order valence-electron chi connectivity index (χ0n) is 9.67. The van der Waals surface area contributed by atoms with Crippen LogP contribution in [0, 0.1) is 5.92 Å². The van der Waals surface area contributed by atoms with Crippen LogP contribution in [0.3, 0.4) is 0 Å². The molecule has 1 aromatic heterocycles. The Labute approximate surface area is 118 Å². The number of hydrogen-bond acceptors (Lipinski definition) is 2. The van der Waals surface area contributed by atoms with Crippen molar-refractivity contribution in [1.82, 2.24) is 0 Å². The highest BCUT2D eigenvalue weighted by Crippen LogP contribution is 2.26. The average molecular weight is 325 g/mol. The van der Waals surface area contributed by atoms with Crippen molar-refractivity contribution in [2.75, 3.05) is 0 Å². The zero-order chi connectivity index (χ0) is 13.0. The number of halogens is 1. The van der Waals surface area contributed by atoms with E-state index in [9.17, 15) is 9.90 Å². The lowest BCUT2D eigenvalue weighted by Gasteiger charge is -2.11. The summed E-state index contributed by atoms with van der Waals surface area (Å²) in [5.74, 6) is -1.11. The van der Waals surface area contributed by atoms with Gasteiger partial charge in [-0.3, -0.25) is 4.79 Å². The smallest absolute Gasteiger partial charge is 0.307 e. The fraction of sp³-hybridized carbons (Fsp3) is 0.214. The molecule has 2 aromatic rings. The lowest BCUT2D eigenvalue weighted by molar-refractivity contribution is -0.141. The first-order valence-electron chi connectivity index (χ1n) is 5.65. The molecule has 4 heteroatoms. The summed E-state index contributed by atoms with van der Waals surface area (Å²) in [7, 11) is 0. The van der Waals surface area contributed by atoms with Crippen molar-refractivity contribution in [2.45, 2.75) is 12.8 Å². The Kier molecular flexibility index (Phi) is 4.55. The number of aliphatic carboxylic acids is 1. The molecular formula is C14H13BrO2S. The van der Waals surface area contributed by atoms with Gasteiger partial charge in [0.15, 0.2) is 0 Å². The Morgan fingerprint density at radius 2 is 1.94 bits per heavy atom. The lowest BCUT2D eigenvalue weighted by Crippen LogP contribution is -2.18. The van der Waals surface area contributed by atoms with Gasteiger partial charge in [-0.2, -0.15) is 0 Å². The Morgan fingerprint density at radius 1 is 1.22 bits per heavy atom. The van der Waals surface area contributed by atoms with E-state index >= 15 is 0 Å². The van der Waals surface area contributed by atoms with E-state index in [1.165, 1.54) is 0 Å². The number of benzene rings is 1. The molecule has 0 aliphatic carbocycles. The summed E-state index contributed by atoms with van der Waals surface area (Å²) in [5, 5.41) is 11.3. The first-order chi connectivity index (χ1) is 8.66. The van der Waals surface area contributed by atoms with Crippen LogP contribution in [0.15, 0.2) is 46.3 Å². The van der Waals surface area contributed by atoms with Gasteiger partial charge in [-0.05, 0) is 45.8 Å². The molecule has 1 N–H and O–H groups in total. The van der Waals surface area contributed by atoms with Crippen LogP contribution in [0.4, 0.5) is 0 Å². The summed E-state index contributed by atoms with van der Waals surface area (Å²) < 4.78 is 1.01. The zero-order valence-corrected chi connectivity index (χ0v) is 12.1. The molecule has 18 heavy (non-hydrogen) atoms. The predicted molar refractivity (Wildman–Crippen MR) is 77.0 cm³/mol. The summed E-state index contributed by atoms with van der Waals surface area (Å²) in [6, 6.07) is 11.7. The van der Waals surface area contributed by atoms with Gasteiger partial charge >= 0.3 is 5.97 Å². The van der Waals surface area contributed by atoms with E-state index in [2.05, 4.69) is 15.9 Å². The Hall–Kier alpha value is -1.13. The minimum atomic E-state index is -0.737. The third-order valence-electron chi connectivity index (χ3n) is 2.80. The number of carboxylic acid groups (broad SMARTS) is 1. The van der Waals surface area contributed by atoms with Crippen molar-refractivity contribution in [3.8, 4) is 0 Å². The molecule has 0 radical (unpaired) electrons. The maximum Gasteiger partial charge on any atom is 0.307 e. The fourth-order valence-electron chi connectivity index (χ4n) is 1.84. The van der Waals surface area contributed by atoms with E-state index in [1.807, 2.05) is 41.8 Å². The number of hydrogen-bond donors (Lipinski definition) is 1. The molecule has 1 heterocycles. The number of carboxylic acids is 1. The van der Waals surface area contributed by atoms with Gasteiger partial charge in [0, 0.05) is 9.35 Å². The molecule has 0 amide bonds. The molecule has 0 spiro atoms. The molecule has 1 aromatic carbocycles. The van der Waals surface area contributed by atoms with Gasteiger partial charge in [-0.15, -0.1) is 11.3 Å². The van der Waals surface area contributed by atoms with Crippen molar-refractivity contribution in [1.29, 1.82) is 0 Å². The molecule has 1 atom stereocenters. The maximum atomic E-state index is 11.3. The van der Waals surface area contributed by atoms with E-state index in [4.69, 9.17) is 0 Å². The van der Waals surface area contributed by atoms with E-state index in [0.717, 1.165) is 14.9 Å². The van der Waals surface area contributed by atoms with Crippen LogP contribution in [0.1, 0.15) is 10.4 Å². The number of thiophene rings is 1. The molecule has 1 unspecified atom stereocenters. The molecule has 94 valence electrons. The first-order valence-corrected chi connectivity index (χ1v) is 7.32. The van der Waals surface area contributed by atoms with E-state index in [1.54, 1.807) is 11.3 Å². The van der Waals surface area contributed by atoms with Crippen LogP contribution in [0.25, 0.3) is 0 Å². The van der Waals surface area contributed by atoms with E-state index in [-0.39, 0.29) is 5.92 Å². The van der Waals surface area contributed by atoms with Crippen molar-refractivity contribution in [3.63, 3.8) is 0 Å². The highest BCUT2D eigenvalue weighted by atomic mass is 79.9. The highest BCUT2D eigenvalue weighted by Gasteiger charge is 2.20. The maximum absolute atomic E-state index is 11.3. The van der Waals surface area contributed by atoms with Crippen molar-refractivity contribution in [2.24, 2.45) is 5.92 Å². The molecule has 0 bridgehead atoms. The van der Waals surface area contributed by atoms with Crippen LogP contribution < -0.4 is 0 Å². The minimum Gasteiger partial charge on any atom is -0.481 e. The first kappa shape index (κ1) is 13.3. The number of carbonyl (C=O) groups is 1. The van der Waals surface area contributed by atoms with E-state index < -0.39 is 5.97 Å². The average Bonchev–Trinajstić information content (AvgIpc) is 2.75. The second-order valence-electron chi connectivity index (χ2n) is 4.12. The van der Waals surface area contributed by atoms with Gasteiger partial charge in [0.25, 0.3) is 0 Å². The van der Waals surface area contributed by atoms with Crippen LogP contribution >= 0.6 is 27.3 Å². The molecule has 0 aliphatic heterocycles. The summed E-state index contributed by atoms with van der Waals surface area (Å²) in [4.78, 5) is 12.4. The summed E-state index contributed by atoms with van der Waals surface area (Å²) in [5.41, 5.74) is 1.07. The lowest BCUT2D eigenvalue weighted by atomic mass is 9.96. The van der Waals surface area contributed by atoms with Gasteiger partial charge < -0.3 is 5.11 Å². The Balaban J connectivity index is 2.10. The predicted octanol–water partition coefficient (Wildman–Crippen LogP) is 4.00. The summed E-state index contributed by atoms with van der Waals surface area (Å²) >= 11 is 5.04. The minimum absolute atomic E-state index is 0.373. The fourth-order valence-corrected chi connectivity index (χ4v) is 3.44. The van der Waals surface area contributed by atoms with Gasteiger partial charge in [0.05, 0.1) is 5.92 Å². The summed E-state index contributed by atoms with van der Waals surface area (Å²) in [6.45, 7) is 0. The van der Waals surface area contributed by atoms with Gasteiger partial charge in [-0.1, -0.05) is 30.3 Å². The molecular weight excluding hydrogens is 312 g/mol. The van der Waals surface area contributed by atoms with Crippen molar-refractivity contribution < 1.29 is 9.90 Å². The van der Waals surface area contributed by atoms with Gasteiger partial charge in [0.2, 0.25) is 0 Å². The Bertz CT molecular complexity index is 522. The standard InChI is InChI=1S/C14H13BrO2S/c15-12-6-7-18-13(12)9-11(14(16)17)8-10-4-2-1-3-5-10/h1-7,11H,8-9H2,(H,16,17). The van der Waals surface area contributed by atoms with Gasteiger partial charge in [-0.25, -0.2) is 0 Å².